The smallest absolute Gasteiger partial charge is 0.242 e. The molecule has 1 N–H and O–H groups in total. The van der Waals surface area contributed by atoms with Crippen LogP contribution in [0.1, 0.15) is 23.6 Å². The Bertz CT molecular complexity index is 1120. The number of nitrogens with one attached hydrogen (secondary N) is 1. The van der Waals surface area contributed by atoms with Crippen molar-refractivity contribution in [2.75, 3.05) is 13.2 Å². The molecular formula is C23H22ClNO4S. The van der Waals surface area contributed by atoms with E-state index in [9.17, 15) is 8.42 Å². The molecule has 3 aromatic carbocycles. The van der Waals surface area contributed by atoms with E-state index < -0.39 is 16.1 Å². The maximum atomic E-state index is 13.1. The number of hydrogen-bond donors (Lipinski definition) is 1. The Kier molecular flexibility index (Phi) is 6.27. The van der Waals surface area contributed by atoms with Gasteiger partial charge in [0.1, 0.15) is 4.90 Å². The van der Waals surface area contributed by atoms with E-state index in [2.05, 4.69) is 4.72 Å². The quantitative estimate of drug-likeness (QED) is 0.596. The fourth-order valence-corrected chi connectivity index (χ4v) is 5.13. The van der Waals surface area contributed by atoms with Crippen LogP contribution in [0.25, 0.3) is 0 Å². The van der Waals surface area contributed by atoms with E-state index in [-0.39, 0.29) is 9.92 Å². The van der Waals surface area contributed by atoms with Gasteiger partial charge in [-0.25, -0.2) is 13.1 Å². The van der Waals surface area contributed by atoms with Crippen molar-refractivity contribution in [3.63, 3.8) is 0 Å². The molecule has 0 spiro atoms. The van der Waals surface area contributed by atoms with Gasteiger partial charge in [0, 0.05) is 6.42 Å². The standard InChI is InChI=1S/C23H22ClNO4S/c24-19-9-4-5-10-23(19)30(26,27)25-20(15-17-7-2-1-3-8-17)18-11-12-21-22(16-18)29-14-6-13-28-21/h1-5,7-12,16,20,25H,6,13-15H2. The second kappa shape index (κ2) is 9.08. The second-order valence-electron chi connectivity index (χ2n) is 7.05. The van der Waals surface area contributed by atoms with Crippen molar-refractivity contribution in [2.24, 2.45) is 0 Å². The largest absolute Gasteiger partial charge is 0.490 e. The Balaban J connectivity index is 1.70. The number of sulfonamides is 1. The lowest BCUT2D eigenvalue weighted by Gasteiger charge is -2.21. The molecule has 0 saturated carbocycles. The lowest BCUT2D eigenvalue weighted by atomic mass is 9.99. The van der Waals surface area contributed by atoms with Gasteiger partial charge < -0.3 is 9.47 Å². The second-order valence-corrected chi connectivity index (χ2v) is 9.14. The molecule has 5 nitrogen and oxygen atoms in total. The van der Waals surface area contributed by atoms with Crippen LogP contribution in [0.5, 0.6) is 11.5 Å². The van der Waals surface area contributed by atoms with E-state index >= 15 is 0 Å². The molecule has 0 aromatic heterocycles. The average Bonchev–Trinajstić information content (AvgIpc) is 2.99. The number of fused-ring (bicyclic) bond motifs is 1. The first-order chi connectivity index (χ1) is 14.5. The summed E-state index contributed by atoms with van der Waals surface area (Å²) in [6.07, 6.45) is 1.28. The Morgan fingerprint density at radius 2 is 1.60 bits per heavy atom. The summed E-state index contributed by atoms with van der Waals surface area (Å²) in [6, 6.07) is 21.2. The molecular weight excluding hydrogens is 422 g/mol. The number of ether oxygens (including phenoxy) is 2. The molecule has 1 atom stereocenters. The minimum Gasteiger partial charge on any atom is -0.490 e. The first-order valence-electron chi connectivity index (χ1n) is 9.73. The zero-order chi connectivity index (χ0) is 21.0. The normalized spacial score (nSPS) is 14.7. The van der Waals surface area contributed by atoms with Crippen molar-refractivity contribution >= 4 is 21.6 Å². The predicted octanol–water partition coefficient (Wildman–Crippen LogP) is 4.76. The molecule has 4 rings (SSSR count). The molecule has 0 bridgehead atoms. The summed E-state index contributed by atoms with van der Waals surface area (Å²) >= 11 is 6.16. The molecule has 3 aromatic rings. The highest BCUT2D eigenvalue weighted by Gasteiger charge is 2.25. The highest BCUT2D eigenvalue weighted by atomic mass is 35.5. The molecule has 0 fully saturated rings. The first-order valence-corrected chi connectivity index (χ1v) is 11.6. The predicted molar refractivity (Wildman–Crippen MR) is 117 cm³/mol. The summed E-state index contributed by atoms with van der Waals surface area (Å²) < 4.78 is 40.6. The van der Waals surface area contributed by atoms with Crippen LogP contribution in [0.15, 0.2) is 77.7 Å². The molecule has 0 amide bonds. The van der Waals surface area contributed by atoms with E-state index in [1.165, 1.54) is 6.07 Å². The van der Waals surface area contributed by atoms with Crippen LogP contribution in [0.3, 0.4) is 0 Å². The molecule has 7 heteroatoms. The third kappa shape index (κ3) is 4.78. The van der Waals surface area contributed by atoms with Crippen LogP contribution in [0, 0.1) is 0 Å². The van der Waals surface area contributed by atoms with Crippen LogP contribution >= 0.6 is 11.6 Å². The molecule has 1 heterocycles. The maximum absolute atomic E-state index is 13.1. The maximum Gasteiger partial charge on any atom is 0.242 e. The minimum atomic E-state index is -3.84. The molecule has 1 aliphatic rings. The molecule has 1 aliphatic heterocycles. The van der Waals surface area contributed by atoms with Gasteiger partial charge in [-0.15, -0.1) is 0 Å². The number of rotatable bonds is 6. The average molecular weight is 444 g/mol. The Morgan fingerprint density at radius 1 is 0.900 bits per heavy atom. The highest BCUT2D eigenvalue weighted by molar-refractivity contribution is 7.89. The topological polar surface area (TPSA) is 64.6 Å². The zero-order valence-electron chi connectivity index (χ0n) is 16.3. The van der Waals surface area contributed by atoms with Crippen molar-refractivity contribution in [1.29, 1.82) is 0 Å². The summed E-state index contributed by atoms with van der Waals surface area (Å²) in [6.45, 7) is 1.16. The SMILES string of the molecule is O=S(=O)(NC(Cc1ccccc1)c1ccc2c(c1)OCCCO2)c1ccccc1Cl. The van der Waals surface area contributed by atoms with E-state index in [4.69, 9.17) is 21.1 Å². The third-order valence-electron chi connectivity index (χ3n) is 4.88. The molecule has 0 radical (unpaired) electrons. The van der Waals surface area contributed by atoms with Gasteiger partial charge in [-0.05, 0) is 41.8 Å². The lowest BCUT2D eigenvalue weighted by Crippen LogP contribution is -2.30. The monoisotopic (exact) mass is 443 g/mol. The first kappa shape index (κ1) is 20.7. The van der Waals surface area contributed by atoms with Crippen molar-refractivity contribution in [2.45, 2.75) is 23.8 Å². The summed E-state index contributed by atoms with van der Waals surface area (Å²) in [5.74, 6) is 1.30. The van der Waals surface area contributed by atoms with Crippen LogP contribution in [-0.4, -0.2) is 21.6 Å². The summed E-state index contributed by atoms with van der Waals surface area (Å²) in [5.41, 5.74) is 1.80. The highest BCUT2D eigenvalue weighted by Crippen LogP contribution is 2.34. The fourth-order valence-electron chi connectivity index (χ4n) is 3.39. The van der Waals surface area contributed by atoms with Crippen LogP contribution in [-0.2, 0) is 16.4 Å². The van der Waals surface area contributed by atoms with Gasteiger partial charge in [-0.1, -0.05) is 60.1 Å². The fraction of sp³-hybridized carbons (Fsp3) is 0.217. The molecule has 30 heavy (non-hydrogen) atoms. The van der Waals surface area contributed by atoms with Crippen molar-refractivity contribution in [3.05, 3.63) is 88.9 Å². The lowest BCUT2D eigenvalue weighted by molar-refractivity contribution is 0.297. The zero-order valence-corrected chi connectivity index (χ0v) is 17.8. The van der Waals surface area contributed by atoms with Gasteiger partial charge >= 0.3 is 0 Å². The van der Waals surface area contributed by atoms with Gasteiger partial charge in [0.25, 0.3) is 0 Å². The molecule has 1 unspecified atom stereocenters. The Morgan fingerprint density at radius 3 is 2.37 bits per heavy atom. The van der Waals surface area contributed by atoms with Gasteiger partial charge in [0.15, 0.2) is 11.5 Å². The van der Waals surface area contributed by atoms with Gasteiger partial charge in [0.05, 0.1) is 24.3 Å². The van der Waals surface area contributed by atoms with Crippen LogP contribution in [0.4, 0.5) is 0 Å². The number of benzene rings is 3. The van der Waals surface area contributed by atoms with Crippen LogP contribution < -0.4 is 14.2 Å². The summed E-state index contributed by atoms with van der Waals surface area (Å²) in [5, 5.41) is 0.183. The van der Waals surface area contributed by atoms with Gasteiger partial charge in [-0.2, -0.15) is 0 Å². The van der Waals surface area contributed by atoms with E-state index in [1.807, 2.05) is 48.5 Å². The van der Waals surface area contributed by atoms with Gasteiger partial charge in [-0.3, -0.25) is 0 Å². The van der Waals surface area contributed by atoms with E-state index in [1.54, 1.807) is 18.2 Å². The summed E-state index contributed by atoms with van der Waals surface area (Å²) in [7, 11) is -3.84. The Labute approximate surface area is 181 Å². The van der Waals surface area contributed by atoms with Crippen LogP contribution in [0.2, 0.25) is 5.02 Å². The van der Waals surface area contributed by atoms with Gasteiger partial charge in [0.2, 0.25) is 10.0 Å². The van der Waals surface area contributed by atoms with E-state index in [0.29, 0.717) is 31.1 Å². The van der Waals surface area contributed by atoms with Crippen molar-refractivity contribution < 1.29 is 17.9 Å². The molecule has 156 valence electrons. The summed E-state index contributed by atoms with van der Waals surface area (Å²) in [4.78, 5) is 0.0547. The number of hydrogen-bond acceptors (Lipinski definition) is 4. The van der Waals surface area contributed by atoms with Crippen molar-refractivity contribution in [3.8, 4) is 11.5 Å². The van der Waals surface area contributed by atoms with E-state index in [0.717, 1.165) is 17.5 Å². The Hall–Kier alpha value is -2.54. The minimum absolute atomic E-state index is 0.0547. The third-order valence-corrected chi connectivity index (χ3v) is 6.85. The number of halogens is 1. The molecule has 0 aliphatic carbocycles. The molecule has 0 saturated heterocycles. The van der Waals surface area contributed by atoms with Crippen molar-refractivity contribution in [1.82, 2.24) is 4.72 Å².